The van der Waals surface area contributed by atoms with Crippen LogP contribution in [0.1, 0.15) is 6.42 Å². The molecule has 1 fully saturated rings. The van der Waals surface area contributed by atoms with Gasteiger partial charge in [0.1, 0.15) is 23.1 Å². The maximum absolute atomic E-state index is 13.9. The number of hydrogen-bond acceptors (Lipinski definition) is 7. The number of nitrogens with zero attached hydrogens (tertiary/aromatic N) is 4. The molecule has 0 unspecified atom stereocenters. The van der Waals surface area contributed by atoms with Crippen molar-refractivity contribution in [1.82, 2.24) is 15.0 Å². The van der Waals surface area contributed by atoms with Crippen molar-refractivity contribution in [3.63, 3.8) is 0 Å². The van der Waals surface area contributed by atoms with E-state index in [-0.39, 0.29) is 40.2 Å². The molecule has 1 aliphatic heterocycles. The summed E-state index contributed by atoms with van der Waals surface area (Å²) in [7, 11) is 2.90. The van der Waals surface area contributed by atoms with Crippen molar-refractivity contribution in [2.24, 2.45) is 0 Å². The molecule has 30 heavy (non-hydrogen) atoms. The van der Waals surface area contributed by atoms with Crippen LogP contribution in [-0.4, -0.2) is 48.2 Å². The maximum atomic E-state index is 13.9. The number of benzene rings is 1. The molecule has 0 bridgehead atoms. The van der Waals surface area contributed by atoms with Crippen LogP contribution in [-0.2, 0) is 0 Å². The Balaban J connectivity index is 1.99. The average molecular weight is 456 g/mol. The maximum Gasteiger partial charge on any atom is 0.266 e. The van der Waals surface area contributed by atoms with E-state index in [9.17, 15) is 8.78 Å². The minimum Gasteiger partial charge on any atom is -0.495 e. The largest absolute Gasteiger partial charge is 0.495 e. The van der Waals surface area contributed by atoms with E-state index in [4.69, 9.17) is 38.4 Å². The number of nitrogens with two attached hydrogens (primary N) is 1. The first kappa shape index (κ1) is 20.6. The van der Waals surface area contributed by atoms with Crippen LogP contribution < -0.4 is 20.1 Å². The number of anilines is 2. The number of methoxy groups -OCH3 is 2. The number of pyridine rings is 1. The van der Waals surface area contributed by atoms with Gasteiger partial charge in [0.05, 0.1) is 48.1 Å². The number of aromatic nitrogens is 3. The molecule has 0 saturated carbocycles. The van der Waals surface area contributed by atoms with Gasteiger partial charge in [0.25, 0.3) is 5.92 Å². The first-order valence-corrected chi connectivity index (χ1v) is 9.66. The number of hydrogen-bond donors (Lipinski definition) is 1. The second-order valence-corrected chi connectivity index (χ2v) is 7.56. The van der Waals surface area contributed by atoms with Crippen LogP contribution in [0.4, 0.5) is 20.4 Å². The van der Waals surface area contributed by atoms with Crippen LogP contribution >= 0.6 is 23.2 Å². The third-order valence-corrected chi connectivity index (χ3v) is 5.60. The zero-order valence-corrected chi connectivity index (χ0v) is 17.6. The Hall–Kier alpha value is -2.65. The molecular weight excluding hydrogens is 439 g/mol. The molecule has 3 aromatic rings. The highest BCUT2D eigenvalue weighted by Gasteiger charge is 2.39. The lowest BCUT2D eigenvalue weighted by Crippen LogP contribution is -2.26. The van der Waals surface area contributed by atoms with Gasteiger partial charge in [-0.1, -0.05) is 23.2 Å². The van der Waals surface area contributed by atoms with E-state index in [0.29, 0.717) is 28.2 Å². The lowest BCUT2D eigenvalue weighted by molar-refractivity contribution is 0.0257. The molecule has 0 aliphatic carbocycles. The van der Waals surface area contributed by atoms with Gasteiger partial charge in [-0.3, -0.25) is 0 Å². The number of halogens is 4. The predicted molar refractivity (Wildman–Crippen MR) is 112 cm³/mol. The van der Waals surface area contributed by atoms with Crippen molar-refractivity contribution in [2.75, 3.05) is 37.9 Å². The van der Waals surface area contributed by atoms with E-state index in [1.54, 1.807) is 12.1 Å². The Morgan fingerprint density at radius 1 is 1.10 bits per heavy atom. The lowest BCUT2D eigenvalue weighted by Gasteiger charge is -2.21. The van der Waals surface area contributed by atoms with Gasteiger partial charge in [0, 0.05) is 24.4 Å². The number of alkyl halides is 2. The first-order chi connectivity index (χ1) is 14.2. The van der Waals surface area contributed by atoms with E-state index in [2.05, 4.69) is 15.0 Å². The van der Waals surface area contributed by atoms with Crippen LogP contribution in [0, 0.1) is 0 Å². The third-order valence-electron chi connectivity index (χ3n) is 4.85. The van der Waals surface area contributed by atoms with Crippen molar-refractivity contribution >= 4 is 45.7 Å². The van der Waals surface area contributed by atoms with E-state index in [1.165, 1.54) is 25.3 Å². The monoisotopic (exact) mass is 455 g/mol. The van der Waals surface area contributed by atoms with Gasteiger partial charge in [-0.2, -0.15) is 0 Å². The van der Waals surface area contributed by atoms with E-state index in [1.807, 2.05) is 0 Å². The molecule has 0 atom stereocenters. The van der Waals surface area contributed by atoms with Gasteiger partial charge in [0.2, 0.25) is 0 Å². The summed E-state index contributed by atoms with van der Waals surface area (Å²) in [5.74, 6) is -1.54. The fourth-order valence-corrected chi connectivity index (χ4v) is 4.05. The van der Waals surface area contributed by atoms with Gasteiger partial charge < -0.3 is 20.1 Å². The summed E-state index contributed by atoms with van der Waals surface area (Å²) in [6, 6.07) is 3.10. The molecule has 1 aliphatic rings. The molecule has 1 saturated heterocycles. The van der Waals surface area contributed by atoms with E-state index >= 15 is 0 Å². The van der Waals surface area contributed by atoms with Crippen LogP contribution in [0.2, 0.25) is 10.0 Å². The van der Waals surface area contributed by atoms with Gasteiger partial charge >= 0.3 is 0 Å². The van der Waals surface area contributed by atoms with E-state index < -0.39 is 12.5 Å². The van der Waals surface area contributed by atoms with Gasteiger partial charge in [-0.05, 0) is 6.07 Å². The second kappa shape index (κ2) is 7.55. The Morgan fingerprint density at radius 3 is 2.33 bits per heavy atom. The van der Waals surface area contributed by atoms with Crippen molar-refractivity contribution in [3.8, 4) is 22.9 Å². The summed E-state index contributed by atoms with van der Waals surface area (Å²) in [6.07, 6.45) is 1.18. The fraction of sp³-hybridized carbons (Fsp3) is 0.316. The van der Waals surface area contributed by atoms with Crippen molar-refractivity contribution in [1.29, 1.82) is 0 Å². The molecule has 2 aromatic heterocycles. The zero-order chi connectivity index (χ0) is 21.6. The van der Waals surface area contributed by atoms with Gasteiger partial charge in [-0.15, -0.1) is 0 Å². The Bertz CT molecular complexity index is 1120. The van der Waals surface area contributed by atoms with Crippen LogP contribution in [0.25, 0.3) is 22.3 Å². The first-order valence-electron chi connectivity index (χ1n) is 8.90. The number of rotatable bonds is 4. The minimum absolute atomic E-state index is 0.129. The highest BCUT2D eigenvalue weighted by molar-refractivity contribution is 6.41. The normalized spacial score (nSPS) is 15.6. The SMILES string of the molecule is COc1cc(OC)c(Cl)c(-c2nc(N3CCC(F)(F)C3)c3cc(N)ncc3n2)c1Cl. The Kier molecular flexibility index (Phi) is 5.19. The van der Waals surface area contributed by atoms with Crippen LogP contribution in [0.5, 0.6) is 11.5 Å². The summed E-state index contributed by atoms with van der Waals surface area (Å²) in [5.41, 5.74) is 6.48. The average Bonchev–Trinajstić information content (AvgIpc) is 3.07. The molecular formula is C19H17Cl2F2N5O2. The fourth-order valence-electron chi connectivity index (χ4n) is 3.38. The predicted octanol–water partition coefficient (Wildman–Crippen LogP) is 4.44. The van der Waals surface area contributed by atoms with Gasteiger partial charge in [-0.25, -0.2) is 23.7 Å². The second-order valence-electron chi connectivity index (χ2n) is 6.81. The van der Waals surface area contributed by atoms with E-state index in [0.717, 1.165) is 0 Å². The molecule has 0 amide bonds. The lowest BCUT2D eigenvalue weighted by atomic mass is 10.1. The van der Waals surface area contributed by atoms with Crippen LogP contribution in [0.3, 0.4) is 0 Å². The molecule has 0 spiro atoms. The smallest absolute Gasteiger partial charge is 0.266 e. The molecule has 2 N–H and O–H groups in total. The van der Waals surface area contributed by atoms with Gasteiger partial charge in [0.15, 0.2) is 5.82 Å². The standard InChI is InChI=1S/C19H17Cl2F2N5O2/c1-29-11-6-12(30-2)16(21)14(15(11)20)17-26-10-7-25-13(24)5-9(10)18(27-17)28-4-3-19(22,23)8-28/h5-7H,3-4,8H2,1-2H3,(H2,24,25). The van der Waals surface area contributed by atoms with Crippen molar-refractivity contribution in [2.45, 2.75) is 12.3 Å². The quantitative estimate of drug-likeness (QED) is 0.621. The summed E-state index contributed by atoms with van der Waals surface area (Å²) < 4.78 is 38.4. The van der Waals surface area contributed by atoms with Crippen molar-refractivity contribution < 1.29 is 18.3 Å². The molecule has 1 aromatic carbocycles. The molecule has 0 radical (unpaired) electrons. The minimum atomic E-state index is -2.81. The van der Waals surface area contributed by atoms with Crippen molar-refractivity contribution in [3.05, 3.63) is 28.4 Å². The molecule has 11 heteroatoms. The summed E-state index contributed by atoms with van der Waals surface area (Å²) >= 11 is 13.0. The van der Waals surface area contributed by atoms with Crippen LogP contribution in [0.15, 0.2) is 18.3 Å². The topological polar surface area (TPSA) is 86.4 Å². The Labute approximate surface area is 180 Å². The number of nitrogen functional groups attached to an aromatic ring is 1. The summed E-state index contributed by atoms with van der Waals surface area (Å²) in [5, 5.41) is 0.846. The zero-order valence-electron chi connectivity index (χ0n) is 16.0. The molecule has 158 valence electrons. The highest BCUT2D eigenvalue weighted by atomic mass is 35.5. The highest BCUT2D eigenvalue weighted by Crippen LogP contribution is 2.46. The number of ether oxygens (including phenoxy) is 2. The third kappa shape index (κ3) is 3.52. The molecule has 7 nitrogen and oxygen atoms in total. The summed E-state index contributed by atoms with van der Waals surface area (Å²) in [4.78, 5) is 14.6. The Morgan fingerprint density at radius 2 is 1.77 bits per heavy atom. The molecule has 3 heterocycles. The summed E-state index contributed by atoms with van der Waals surface area (Å²) in [6.45, 7) is -0.340. The number of fused-ring (bicyclic) bond motifs is 1. The molecule has 4 rings (SSSR count).